The molecule has 1 amide bonds. The lowest BCUT2D eigenvalue weighted by atomic mass is 10.2. The fourth-order valence-corrected chi connectivity index (χ4v) is 6.13. The highest BCUT2D eigenvalue weighted by Crippen LogP contribution is 2.33. The summed E-state index contributed by atoms with van der Waals surface area (Å²) < 4.78 is 36.0. The van der Waals surface area contributed by atoms with Crippen molar-refractivity contribution < 1.29 is 17.9 Å². The van der Waals surface area contributed by atoms with Gasteiger partial charge >= 0.3 is 0 Å². The van der Waals surface area contributed by atoms with E-state index in [0.717, 1.165) is 38.1 Å². The van der Waals surface area contributed by atoms with Crippen LogP contribution in [0, 0.1) is 27.7 Å². The van der Waals surface area contributed by atoms with Gasteiger partial charge in [-0.2, -0.15) is 5.10 Å². The first kappa shape index (κ1) is 30.2. The van der Waals surface area contributed by atoms with Gasteiger partial charge in [0, 0.05) is 22.6 Å². The maximum absolute atomic E-state index is 13.8. The lowest BCUT2D eigenvalue weighted by molar-refractivity contribution is -0.119. The number of halogens is 2. The van der Waals surface area contributed by atoms with Gasteiger partial charge < -0.3 is 9.30 Å². The van der Waals surface area contributed by atoms with Crippen LogP contribution in [0.2, 0.25) is 10.0 Å². The van der Waals surface area contributed by atoms with Gasteiger partial charge in [0.2, 0.25) is 0 Å². The van der Waals surface area contributed by atoms with Crippen LogP contribution in [0.15, 0.2) is 76.7 Å². The number of hydrogen-bond donors (Lipinski definition) is 1. The molecule has 1 aromatic heterocycles. The number of rotatable bonds is 9. The fraction of sp³-hybridized carbons (Fsp3) is 0.200. The maximum Gasteiger partial charge on any atom is 0.264 e. The molecule has 0 atom stereocenters. The minimum absolute atomic E-state index is 0.0534. The summed E-state index contributed by atoms with van der Waals surface area (Å²) in [7, 11) is -2.67. The summed E-state index contributed by atoms with van der Waals surface area (Å²) in [5.41, 5.74) is 7.82. The molecule has 4 aromatic rings. The summed E-state index contributed by atoms with van der Waals surface area (Å²) in [5, 5.41) is 5.02. The summed E-state index contributed by atoms with van der Waals surface area (Å²) in [6.07, 6.45) is 1.51. The molecule has 8 nitrogen and oxygen atoms in total. The lowest BCUT2D eigenvalue weighted by Crippen LogP contribution is -2.39. The van der Waals surface area contributed by atoms with Crippen molar-refractivity contribution in [2.75, 3.05) is 18.0 Å². The SMILES string of the molecule is COc1ccc(C)cc1N(CC(=O)N/N=C/c1cc(C)n(-c2ccc(Cl)c(Cl)c2)c1C)S(=O)(=O)c1ccc(C)cc1. The number of hydrazone groups is 1. The molecule has 0 saturated heterocycles. The largest absolute Gasteiger partial charge is 0.495 e. The van der Waals surface area contributed by atoms with Crippen LogP contribution < -0.4 is 14.5 Å². The van der Waals surface area contributed by atoms with Crippen LogP contribution in [0.3, 0.4) is 0 Å². The van der Waals surface area contributed by atoms with Crippen LogP contribution in [0.5, 0.6) is 5.75 Å². The molecule has 1 heterocycles. The highest BCUT2D eigenvalue weighted by Gasteiger charge is 2.29. The molecule has 214 valence electrons. The lowest BCUT2D eigenvalue weighted by Gasteiger charge is -2.25. The van der Waals surface area contributed by atoms with Crippen molar-refractivity contribution in [2.24, 2.45) is 5.10 Å². The third kappa shape index (κ3) is 6.59. The molecule has 0 spiro atoms. The molecule has 0 saturated carbocycles. The maximum atomic E-state index is 13.8. The average molecular weight is 614 g/mol. The van der Waals surface area contributed by atoms with Gasteiger partial charge in [0.05, 0.1) is 34.0 Å². The summed E-state index contributed by atoms with van der Waals surface area (Å²) in [5.74, 6) is -0.309. The summed E-state index contributed by atoms with van der Waals surface area (Å²) in [6.45, 7) is 7.03. The monoisotopic (exact) mass is 612 g/mol. The molecular formula is C30H30Cl2N4O4S. The minimum Gasteiger partial charge on any atom is -0.495 e. The number of aryl methyl sites for hydroxylation is 3. The van der Waals surface area contributed by atoms with Gasteiger partial charge in [0.25, 0.3) is 15.9 Å². The molecule has 41 heavy (non-hydrogen) atoms. The second-order valence-corrected chi connectivity index (χ2v) is 12.2. The summed E-state index contributed by atoms with van der Waals surface area (Å²) >= 11 is 12.3. The van der Waals surface area contributed by atoms with Gasteiger partial charge in [0.1, 0.15) is 12.3 Å². The van der Waals surface area contributed by atoms with Crippen LogP contribution in [0.1, 0.15) is 28.1 Å². The second kappa shape index (κ2) is 12.4. The molecule has 4 rings (SSSR count). The summed E-state index contributed by atoms with van der Waals surface area (Å²) in [4.78, 5) is 13.1. The predicted molar refractivity (Wildman–Crippen MR) is 164 cm³/mol. The number of hydrogen-bond acceptors (Lipinski definition) is 5. The number of nitrogens with one attached hydrogen (secondary N) is 1. The first-order valence-corrected chi connectivity index (χ1v) is 14.8. The number of ether oxygens (including phenoxy) is 1. The van der Waals surface area contributed by atoms with E-state index in [0.29, 0.717) is 15.8 Å². The third-order valence-corrected chi connectivity index (χ3v) is 9.04. The van der Waals surface area contributed by atoms with Crippen molar-refractivity contribution >= 4 is 51.0 Å². The van der Waals surface area contributed by atoms with E-state index in [2.05, 4.69) is 10.5 Å². The Kier molecular flexibility index (Phi) is 9.11. The van der Waals surface area contributed by atoms with Gasteiger partial charge in [-0.15, -0.1) is 0 Å². The molecule has 0 aliphatic carbocycles. The molecular weight excluding hydrogens is 583 g/mol. The molecule has 0 radical (unpaired) electrons. The van der Waals surface area contributed by atoms with Crippen LogP contribution in [-0.4, -0.2) is 38.8 Å². The zero-order valence-corrected chi connectivity index (χ0v) is 25.6. The van der Waals surface area contributed by atoms with Crippen LogP contribution in [0.4, 0.5) is 5.69 Å². The van der Waals surface area contributed by atoms with Crippen molar-refractivity contribution in [3.05, 3.63) is 105 Å². The highest BCUT2D eigenvalue weighted by atomic mass is 35.5. The molecule has 0 fully saturated rings. The smallest absolute Gasteiger partial charge is 0.264 e. The number of carbonyl (C=O) groups excluding carboxylic acids is 1. The van der Waals surface area contributed by atoms with Crippen LogP contribution in [0.25, 0.3) is 5.69 Å². The first-order chi connectivity index (χ1) is 19.4. The minimum atomic E-state index is -4.12. The first-order valence-electron chi connectivity index (χ1n) is 12.6. The van der Waals surface area contributed by atoms with E-state index in [4.69, 9.17) is 27.9 Å². The van der Waals surface area contributed by atoms with Crippen molar-refractivity contribution in [1.82, 2.24) is 9.99 Å². The number of benzene rings is 3. The Hall–Kier alpha value is -3.79. The van der Waals surface area contributed by atoms with Gasteiger partial charge in [-0.25, -0.2) is 13.8 Å². The zero-order valence-electron chi connectivity index (χ0n) is 23.3. The standard InChI is InChI=1S/C30H30Cl2N4O4S/c1-19-6-10-25(11-7-19)41(38,39)35(28-14-20(2)8-13-29(28)40-5)18-30(37)34-33-17-23-15-21(3)36(22(23)4)24-9-12-26(31)27(32)16-24/h6-17H,18H2,1-5H3,(H,34,37)/b33-17+. The number of sulfonamides is 1. The predicted octanol–water partition coefficient (Wildman–Crippen LogP) is 6.37. The van der Waals surface area contributed by atoms with Crippen molar-refractivity contribution in [3.63, 3.8) is 0 Å². The van der Waals surface area contributed by atoms with E-state index in [1.165, 1.54) is 25.5 Å². The molecule has 0 bridgehead atoms. The summed E-state index contributed by atoms with van der Waals surface area (Å²) in [6, 6.07) is 18.9. The van der Waals surface area contributed by atoms with Gasteiger partial charge in [0.15, 0.2) is 0 Å². The number of nitrogens with zero attached hydrogens (tertiary/aromatic N) is 3. The average Bonchev–Trinajstić information content (AvgIpc) is 3.21. The number of aromatic nitrogens is 1. The number of carbonyl (C=O) groups is 1. The second-order valence-electron chi connectivity index (χ2n) is 9.55. The molecule has 11 heteroatoms. The van der Waals surface area contributed by atoms with Crippen LogP contribution >= 0.6 is 23.2 Å². The molecule has 0 unspecified atom stereocenters. The Balaban J connectivity index is 1.60. The third-order valence-electron chi connectivity index (χ3n) is 6.52. The van der Waals surface area contributed by atoms with Crippen molar-refractivity contribution in [3.8, 4) is 11.4 Å². The number of amides is 1. The quantitative estimate of drug-likeness (QED) is 0.175. The van der Waals surface area contributed by atoms with E-state index in [9.17, 15) is 13.2 Å². The van der Waals surface area contributed by atoms with Crippen molar-refractivity contribution in [2.45, 2.75) is 32.6 Å². The Bertz CT molecular complexity index is 1730. The van der Waals surface area contributed by atoms with Gasteiger partial charge in [-0.1, -0.05) is 47.0 Å². The van der Waals surface area contributed by atoms with E-state index in [1.807, 2.05) is 44.4 Å². The number of anilines is 1. The van der Waals surface area contributed by atoms with Crippen LogP contribution in [-0.2, 0) is 14.8 Å². The molecule has 1 N–H and O–H groups in total. The fourth-order valence-electron chi connectivity index (χ4n) is 4.41. The van der Waals surface area contributed by atoms with Gasteiger partial charge in [-0.3, -0.25) is 9.10 Å². The van der Waals surface area contributed by atoms with Gasteiger partial charge in [-0.05, 0) is 81.8 Å². The Morgan fingerprint density at radius 1 is 0.951 bits per heavy atom. The Morgan fingerprint density at radius 3 is 2.29 bits per heavy atom. The molecule has 0 aliphatic rings. The topological polar surface area (TPSA) is 93.0 Å². The highest BCUT2D eigenvalue weighted by molar-refractivity contribution is 7.92. The normalized spacial score (nSPS) is 11.6. The Labute approximate surface area is 250 Å². The zero-order chi connectivity index (χ0) is 29.9. The van der Waals surface area contributed by atoms with Crippen molar-refractivity contribution in [1.29, 1.82) is 0 Å². The van der Waals surface area contributed by atoms with E-state index >= 15 is 0 Å². The Morgan fingerprint density at radius 2 is 1.63 bits per heavy atom. The molecule has 0 aliphatic heterocycles. The van der Waals surface area contributed by atoms with E-state index in [1.54, 1.807) is 42.5 Å². The number of methoxy groups -OCH3 is 1. The van der Waals surface area contributed by atoms with E-state index in [-0.39, 0.29) is 10.6 Å². The molecule has 3 aromatic carbocycles. The van der Waals surface area contributed by atoms with E-state index < -0.39 is 22.5 Å².